The van der Waals surface area contributed by atoms with Gasteiger partial charge in [0.1, 0.15) is 0 Å². The highest BCUT2D eigenvalue weighted by molar-refractivity contribution is 9.10. The van der Waals surface area contributed by atoms with Crippen molar-refractivity contribution < 1.29 is 9.84 Å². The third kappa shape index (κ3) is 0.650. The van der Waals surface area contributed by atoms with Gasteiger partial charge in [-0.2, -0.15) is 0 Å². The van der Waals surface area contributed by atoms with E-state index in [-0.39, 0.29) is 9.74 Å². The first-order valence-electron chi connectivity index (χ1n) is 3.66. The van der Waals surface area contributed by atoms with Crippen LogP contribution >= 0.6 is 15.9 Å². The molecule has 0 aromatic heterocycles. The van der Waals surface area contributed by atoms with Crippen molar-refractivity contribution in [1.29, 1.82) is 0 Å². The normalized spacial score (nSPS) is 60.6. The second-order valence-corrected chi connectivity index (χ2v) is 5.08. The second-order valence-electron chi connectivity index (χ2n) is 3.73. The van der Waals surface area contributed by atoms with E-state index in [1.165, 1.54) is 6.08 Å². The van der Waals surface area contributed by atoms with Crippen LogP contribution in [-0.2, 0) is 4.74 Å². The van der Waals surface area contributed by atoms with Crippen LogP contribution in [0.3, 0.4) is 0 Å². The molecule has 0 radical (unpaired) electrons. The van der Waals surface area contributed by atoms with E-state index in [1.54, 1.807) is 0 Å². The van der Waals surface area contributed by atoms with Gasteiger partial charge >= 0.3 is 0 Å². The minimum Gasteiger partial charge on any atom is -0.361 e. The average Bonchev–Trinajstić information content (AvgIpc) is 2.46. The zero-order valence-electron chi connectivity index (χ0n) is 6.43. The van der Waals surface area contributed by atoms with Gasteiger partial charge in [-0.1, -0.05) is 29.4 Å². The topological polar surface area (TPSA) is 29.5 Å². The van der Waals surface area contributed by atoms with Crippen LogP contribution in [-0.4, -0.2) is 21.8 Å². The third-order valence-corrected chi connectivity index (χ3v) is 4.73. The summed E-state index contributed by atoms with van der Waals surface area (Å²) < 4.78 is 4.98. The Morgan fingerprint density at radius 2 is 2.36 bits per heavy atom. The van der Waals surface area contributed by atoms with E-state index >= 15 is 0 Å². The smallest absolute Gasteiger partial charge is 0.201 e. The quantitative estimate of drug-likeness (QED) is 0.534. The van der Waals surface area contributed by atoms with Crippen molar-refractivity contribution in [3.8, 4) is 0 Å². The molecule has 11 heavy (non-hydrogen) atoms. The number of alkyl halides is 1. The van der Waals surface area contributed by atoms with Gasteiger partial charge in [0.05, 0.1) is 10.9 Å². The molecule has 2 aliphatic rings. The molecule has 0 amide bonds. The molecule has 1 saturated heterocycles. The number of fused-ring (bicyclic) bond motifs is 1. The summed E-state index contributed by atoms with van der Waals surface area (Å²) in [7, 11) is 0. The molecule has 3 atom stereocenters. The van der Waals surface area contributed by atoms with Gasteiger partial charge in [-0.05, 0) is 12.5 Å². The average molecular weight is 219 g/mol. The van der Waals surface area contributed by atoms with Gasteiger partial charge < -0.3 is 9.84 Å². The molecular weight excluding hydrogens is 208 g/mol. The lowest BCUT2D eigenvalue weighted by molar-refractivity contribution is -0.145. The highest BCUT2D eigenvalue weighted by atomic mass is 79.9. The number of halogens is 1. The van der Waals surface area contributed by atoms with Crippen LogP contribution < -0.4 is 0 Å². The van der Waals surface area contributed by atoms with Crippen molar-refractivity contribution in [2.24, 2.45) is 5.41 Å². The standard InChI is InChI=1S/C8H11BrO2/c1-3-8(10)7(9)4-6(7,2)5-11-8/h3,10H,1,4-5H2,2H3. The first-order chi connectivity index (χ1) is 4.97. The Morgan fingerprint density at radius 1 is 1.73 bits per heavy atom. The first kappa shape index (κ1) is 7.77. The summed E-state index contributed by atoms with van der Waals surface area (Å²) in [6.45, 7) is 6.28. The zero-order valence-corrected chi connectivity index (χ0v) is 8.02. The number of hydrogen-bond donors (Lipinski definition) is 1. The van der Waals surface area contributed by atoms with Gasteiger partial charge in [0, 0.05) is 5.41 Å². The van der Waals surface area contributed by atoms with Crippen LogP contribution in [0.25, 0.3) is 0 Å². The summed E-state index contributed by atoms with van der Waals surface area (Å²) in [6.07, 6.45) is 2.43. The van der Waals surface area contributed by atoms with Crippen molar-refractivity contribution >= 4 is 15.9 Å². The molecule has 1 N–H and O–H groups in total. The summed E-state index contributed by atoms with van der Waals surface area (Å²) in [5.41, 5.74) is 0.107. The number of hydrogen-bond acceptors (Lipinski definition) is 2. The maximum atomic E-state index is 9.85. The van der Waals surface area contributed by atoms with Crippen LogP contribution in [0.2, 0.25) is 0 Å². The molecule has 0 aromatic carbocycles. The van der Waals surface area contributed by atoms with Crippen LogP contribution in [0.15, 0.2) is 12.7 Å². The summed E-state index contributed by atoms with van der Waals surface area (Å²) >= 11 is 3.51. The second kappa shape index (κ2) is 1.73. The van der Waals surface area contributed by atoms with Gasteiger partial charge in [0.25, 0.3) is 0 Å². The Balaban J connectivity index is 2.37. The number of rotatable bonds is 1. The van der Waals surface area contributed by atoms with Crippen molar-refractivity contribution in [2.45, 2.75) is 23.5 Å². The molecule has 2 fully saturated rings. The molecule has 2 rings (SSSR count). The Bertz CT molecular complexity index is 226. The van der Waals surface area contributed by atoms with Crippen LogP contribution in [0.5, 0.6) is 0 Å². The predicted molar refractivity (Wildman–Crippen MR) is 45.5 cm³/mol. The fraction of sp³-hybridized carbons (Fsp3) is 0.750. The lowest BCUT2D eigenvalue weighted by Gasteiger charge is -2.24. The van der Waals surface area contributed by atoms with E-state index < -0.39 is 5.79 Å². The first-order valence-corrected chi connectivity index (χ1v) is 4.46. The van der Waals surface area contributed by atoms with E-state index in [0.29, 0.717) is 6.61 Å². The maximum Gasteiger partial charge on any atom is 0.201 e. The number of ether oxygens (including phenoxy) is 1. The Hall–Kier alpha value is 0.140. The van der Waals surface area contributed by atoms with E-state index in [4.69, 9.17) is 4.74 Å². The summed E-state index contributed by atoms with van der Waals surface area (Å²) in [5.74, 6) is -1.15. The summed E-state index contributed by atoms with van der Waals surface area (Å²) in [4.78, 5) is 0. The van der Waals surface area contributed by atoms with Gasteiger partial charge in [0.15, 0.2) is 0 Å². The SMILES string of the molecule is C=CC1(O)OCC2(C)CC21Br. The van der Waals surface area contributed by atoms with Crippen molar-refractivity contribution in [3.05, 3.63) is 12.7 Å². The predicted octanol–water partition coefficient (Wildman–Crippen LogP) is 1.43. The minimum atomic E-state index is -1.15. The Labute approximate surface area is 74.4 Å². The highest BCUT2D eigenvalue weighted by Gasteiger charge is 2.77. The van der Waals surface area contributed by atoms with E-state index in [2.05, 4.69) is 29.4 Å². The fourth-order valence-corrected chi connectivity index (χ4v) is 2.83. The molecular formula is C8H11BrO2. The molecule has 3 unspecified atom stereocenters. The molecule has 0 aromatic rings. The molecule has 1 aliphatic heterocycles. The number of aliphatic hydroxyl groups is 1. The highest BCUT2D eigenvalue weighted by Crippen LogP contribution is 2.71. The Morgan fingerprint density at radius 3 is 2.55 bits per heavy atom. The molecule has 1 heterocycles. The third-order valence-electron chi connectivity index (χ3n) is 2.92. The van der Waals surface area contributed by atoms with Gasteiger partial charge in [0.2, 0.25) is 5.79 Å². The molecule has 3 heteroatoms. The maximum absolute atomic E-state index is 9.85. The molecule has 1 saturated carbocycles. The minimum absolute atomic E-state index is 0.107. The van der Waals surface area contributed by atoms with Gasteiger partial charge in [-0.25, -0.2) is 0 Å². The monoisotopic (exact) mass is 218 g/mol. The van der Waals surface area contributed by atoms with Gasteiger partial charge in [-0.3, -0.25) is 0 Å². The molecule has 62 valence electrons. The van der Waals surface area contributed by atoms with Crippen LogP contribution in [0, 0.1) is 5.41 Å². The van der Waals surface area contributed by atoms with Gasteiger partial charge in [-0.15, -0.1) is 0 Å². The lowest BCUT2D eigenvalue weighted by Crippen LogP contribution is -2.37. The fourth-order valence-electron chi connectivity index (χ4n) is 1.82. The van der Waals surface area contributed by atoms with Crippen molar-refractivity contribution in [1.82, 2.24) is 0 Å². The lowest BCUT2D eigenvalue weighted by atomic mass is 10.1. The van der Waals surface area contributed by atoms with E-state index in [1.807, 2.05) is 0 Å². The Kier molecular flexibility index (Phi) is 1.22. The largest absolute Gasteiger partial charge is 0.361 e. The molecule has 1 aliphatic carbocycles. The van der Waals surface area contributed by atoms with Crippen LogP contribution in [0.1, 0.15) is 13.3 Å². The molecule has 0 bridgehead atoms. The molecule has 2 nitrogen and oxygen atoms in total. The van der Waals surface area contributed by atoms with Crippen LogP contribution in [0.4, 0.5) is 0 Å². The summed E-state index contributed by atoms with van der Waals surface area (Å²) in [5, 5.41) is 9.85. The van der Waals surface area contributed by atoms with Crippen molar-refractivity contribution in [3.63, 3.8) is 0 Å². The summed E-state index contributed by atoms with van der Waals surface area (Å²) in [6, 6.07) is 0. The van der Waals surface area contributed by atoms with E-state index in [0.717, 1.165) is 6.42 Å². The molecule has 0 spiro atoms. The van der Waals surface area contributed by atoms with Crippen molar-refractivity contribution in [2.75, 3.05) is 6.61 Å². The zero-order chi connectivity index (χ0) is 8.33. The van der Waals surface area contributed by atoms with E-state index in [9.17, 15) is 5.11 Å².